The van der Waals surface area contributed by atoms with Crippen molar-refractivity contribution in [2.75, 3.05) is 11.8 Å². The van der Waals surface area contributed by atoms with Crippen LogP contribution < -0.4 is 4.72 Å². The summed E-state index contributed by atoms with van der Waals surface area (Å²) in [6.07, 6.45) is 2.75. The predicted molar refractivity (Wildman–Crippen MR) is 113 cm³/mol. The molecule has 0 saturated carbocycles. The van der Waals surface area contributed by atoms with Gasteiger partial charge in [0.2, 0.25) is 0 Å². The first-order chi connectivity index (χ1) is 12.7. The lowest BCUT2D eigenvalue weighted by atomic mass is 9.63. The predicted octanol–water partition coefficient (Wildman–Crippen LogP) is 5.87. The molecule has 0 aliphatic heterocycles. The quantitative estimate of drug-likeness (QED) is 0.517. The van der Waals surface area contributed by atoms with Crippen molar-refractivity contribution in [1.29, 1.82) is 0 Å². The van der Waals surface area contributed by atoms with E-state index >= 15 is 0 Å². The maximum atomic E-state index is 11.4. The van der Waals surface area contributed by atoms with Crippen LogP contribution in [0, 0.1) is 0 Å². The highest BCUT2D eigenvalue weighted by Gasteiger charge is 2.36. The molecule has 0 spiro atoms. The molecule has 144 valence electrons. The number of rotatable bonds is 5. The first-order valence-corrected chi connectivity index (χ1v) is 10.3. The normalized spacial score (nSPS) is 17.1. The van der Waals surface area contributed by atoms with E-state index < -0.39 is 0 Å². The van der Waals surface area contributed by atoms with Crippen molar-refractivity contribution in [3.63, 3.8) is 0 Å². The van der Waals surface area contributed by atoms with Gasteiger partial charge >= 0.3 is 5.97 Å². The summed E-state index contributed by atoms with van der Waals surface area (Å²) in [5, 5.41) is 0. The van der Waals surface area contributed by atoms with Gasteiger partial charge in [0, 0.05) is 10.6 Å². The minimum absolute atomic E-state index is 0.211. The van der Waals surface area contributed by atoms with Gasteiger partial charge in [-0.05, 0) is 76.6 Å². The van der Waals surface area contributed by atoms with Crippen molar-refractivity contribution < 1.29 is 9.53 Å². The van der Waals surface area contributed by atoms with Gasteiger partial charge < -0.3 is 9.46 Å². The van der Waals surface area contributed by atoms with Crippen LogP contribution in [0.5, 0.6) is 0 Å². The van der Waals surface area contributed by atoms with Crippen LogP contribution in [-0.4, -0.2) is 13.1 Å². The second-order valence-electron chi connectivity index (χ2n) is 8.63. The third-order valence-electron chi connectivity index (χ3n) is 5.64. The van der Waals surface area contributed by atoms with Crippen molar-refractivity contribution in [3.8, 4) is 0 Å². The van der Waals surface area contributed by atoms with Crippen LogP contribution in [0.15, 0.2) is 47.4 Å². The minimum atomic E-state index is -0.215. The Hall–Kier alpha value is -1.94. The van der Waals surface area contributed by atoms with Crippen LogP contribution in [0.2, 0.25) is 0 Å². The van der Waals surface area contributed by atoms with Gasteiger partial charge in [0.05, 0.1) is 13.5 Å². The summed E-state index contributed by atoms with van der Waals surface area (Å²) in [7, 11) is 1.41. The molecule has 0 atom stereocenters. The smallest absolute Gasteiger partial charge is 0.309 e. The number of benzene rings is 2. The monoisotopic (exact) mass is 383 g/mol. The molecular weight excluding hydrogens is 354 g/mol. The van der Waals surface area contributed by atoms with E-state index in [1.807, 2.05) is 24.3 Å². The topological polar surface area (TPSA) is 38.3 Å². The van der Waals surface area contributed by atoms with Gasteiger partial charge in [-0.1, -0.05) is 45.9 Å². The average Bonchev–Trinajstić information content (AvgIpc) is 2.65. The summed E-state index contributed by atoms with van der Waals surface area (Å²) in [5.74, 6) is -0.215. The molecule has 4 heteroatoms. The van der Waals surface area contributed by atoms with E-state index in [2.05, 4.69) is 50.6 Å². The van der Waals surface area contributed by atoms with E-state index in [0.717, 1.165) is 16.1 Å². The molecule has 2 aromatic rings. The van der Waals surface area contributed by atoms with E-state index in [1.165, 1.54) is 31.1 Å². The molecule has 27 heavy (non-hydrogen) atoms. The molecule has 0 aromatic heterocycles. The molecule has 3 nitrogen and oxygen atoms in total. The second kappa shape index (κ2) is 7.59. The Morgan fingerprint density at radius 1 is 1.00 bits per heavy atom. The molecule has 3 rings (SSSR count). The number of hydrogen-bond acceptors (Lipinski definition) is 4. The van der Waals surface area contributed by atoms with Crippen LogP contribution in [0.3, 0.4) is 0 Å². The summed E-state index contributed by atoms with van der Waals surface area (Å²) in [6, 6.07) is 14.8. The Morgan fingerprint density at radius 2 is 1.63 bits per heavy atom. The average molecular weight is 384 g/mol. The van der Waals surface area contributed by atoms with Gasteiger partial charge in [0.15, 0.2) is 0 Å². The lowest BCUT2D eigenvalue weighted by Gasteiger charge is -2.42. The molecule has 0 radical (unpaired) electrons. The molecule has 0 amide bonds. The standard InChI is InChI=1S/C23H29NO2S/c1-22(2)12-13-23(3,4)20-15-17(8-11-19(20)22)24-27-18-9-6-16(7-10-18)14-21(25)26-5/h6-11,15,24H,12-14H2,1-5H3. The molecule has 0 bridgehead atoms. The van der Waals surface area contributed by atoms with Crippen LogP contribution in [0.4, 0.5) is 5.69 Å². The fraction of sp³-hybridized carbons (Fsp3) is 0.435. The number of hydrogen-bond donors (Lipinski definition) is 1. The number of methoxy groups -OCH3 is 1. The van der Waals surface area contributed by atoms with E-state index in [9.17, 15) is 4.79 Å². The number of anilines is 1. The zero-order valence-corrected chi connectivity index (χ0v) is 17.7. The first-order valence-electron chi connectivity index (χ1n) is 9.45. The molecule has 0 fully saturated rings. The Balaban J connectivity index is 1.71. The Bertz CT molecular complexity index is 825. The van der Waals surface area contributed by atoms with Crippen LogP contribution >= 0.6 is 11.9 Å². The fourth-order valence-corrected chi connectivity index (χ4v) is 4.32. The van der Waals surface area contributed by atoms with E-state index in [-0.39, 0.29) is 16.8 Å². The Morgan fingerprint density at radius 3 is 2.26 bits per heavy atom. The van der Waals surface area contributed by atoms with Gasteiger partial charge in [0.1, 0.15) is 0 Å². The summed E-state index contributed by atoms with van der Waals surface area (Å²) in [4.78, 5) is 12.5. The number of nitrogens with one attached hydrogen (secondary N) is 1. The zero-order chi connectivity index (χ0) is 19.7. The minimum Gasteiger partial charge on any atom is -0.469 e. The molecule has 1 aliphatic carbocycles. The van der Waals surface area contributed by atoms with Crippen molar-refractivity contribution in [1.82, 2.24) is 0 Å². The largest absolute Gasteiger partial charge is 0.469 e. The number of fused-ring (bicyclic) bond motifs is 1. The van der Waals surface area contributed by atoms with Crippen LogP contribution in [0.25, 0.3) is 0 Å². The van der Waals surface area contributed by atoms with E-state index in [0.29, 0.717) is 6.42 Å². The summed E-state index contributed by atoms with van der Waals surface area (Å²) in [6.45, 7) is 9.38. The Kier molecular flexibility index (Phi) is 5.57. The third-order valence-corrected chi connectivity index (χ3v) is 6.48. The lowest BCUT2D eigenvalue weighted by molar-refractivity contribution is -0.139. The van der Waals surface area contributed by atoms with E-state index in [1.54, 1.807) is 11.9 Å². The highest BCUT2D eigenvalue weighted by atomic mass is 32.2. The Labute approximate surface area is 167 Å². The lowest BCUT2D eigenvalue weighted by Crippen LogP contribution is -2.33. The number of esters is 1. The maximum Gasteiger partial charge on any atom is 0.309 e. The number of ether oxygens (including phenoxy) is 1. The number of carbonyl (C=O) groups excluding carboxylic acids is 1. The summed E-state index contributed by atoms with van der Waals surface area (Å²) >= 11 is 1.59. The van der Waals surface area contributed by atoms with Crippen LogP contribution in [0.1, 0.15) is 57.2 Å². The van der Waals surface area contributed by atoms with Gasteiger partial charge in [-0.3, -0.25) is 4.79 Å². The van der Waals surface area contributed by atoms with Gasteiger partial charge in [0.25, 0.3) is 0 Å². The van der Waals surface area contributed by atoms with Crippen molar-refractivity contribution in [2.24, 2.45) is 0 Å². The van der Waals surface area contributed by atoms with Gasteiger partial charge in [-0.25, -0.2) is 0 Å². The van der Waals surface area contributed by atoms with Crippen molar-refractivity contribution in [3.05, 3.63) is 59.2 Å². The fourth-order valence-electron chi connectivity index (χ4n) is 3.68. The van der Waals surface area contributed by atoms with Crippen LogP contribution in [-0.2, 0) is 26.8 Å². The van der Waals surface area contributed by atoms with Gasteiger partial charge in [-0.2, -0.15) is 0 Å². The van der Waals surface area contributed by atoms with Crippen molar-refractivity contribution in [2.45, 2.75) is 62.7 Å². The third kappa shape index (κ3) is 4.49. The summed E-state index contributed by atoms with van der Waals surface area (Å²) < 4.78 is 8.18. The van der Waals surface area contributed by atoms with Gasteiger partial charge in [-0.15, -0.1) is 0 Å². The molecule has 1 aliphatic rings. The second-order valence-corrected chi connectivity index (χ2v) is 9.51. The first kappa shape index (κ1) is 19.8. The molecule has 0 heterocycles. The molecule has 1 N–H and O–H groups in total. The molecule has 2 aromatic carbocycles. The molecule has 0 unspecified atom stereocenters. The highest BCUT2D eigenvalue weighted by Crippen LogP contribution is 2.46. The van der Waals surface area contributed by atoms with E-state index in [4.69, 9.17) is 4.74 Å². The molecular formula is C23H29NO2S. The SMILES string of the molecule is COC(=O)Cc1ccc(SNc2ccc3c(c2)C(C)(C)CCC3(C)C)cc1. The maximum absolute atomic E-state index is 11.4. The van der Waals surface area contributed by atoms with Crippen molar-refractivity contribution >= 4 is 23.6 Å². The zero-order valence-electron chi connectivity index (χ0n) is 16.9. The summed E-state index contributed by atoms with van der Waals surface area (Å²) in [5.41, 5.74) is 5.47. The number of carbonyl (C=O) groups is 1. The highest BCUT2D eigenvalue weighted by molar-refractivity contribution is 8.00. The molecule has 0 saturated heterocycles.